The summed E-state index contributed by atoms with van der Waals surface area (Å²) in [6, 6.07) is 5.99. The molecule has 0 spiro atoms. The van der Waals surface area contributed by atoms with Gasteiger partial charge in [-0.25, -0.2) is 4.98 Å². The van der Waals surface area contributed by atoms with Gasteiger partial charge in [-0.15, -0.1) is 11.3 Å². The molecule has 0 saturated carbocycles. The lowest BCUT2D eigenvalue weighted by molar-refractivity contribution is -0.917. The molecule has 1 aliphatic heterocycles. The average Bonchev–Trinajstić information content (AvgIpc) is 3.07. The number of quaternary nitrogens is 1. The summed E-state index contributed by atoms with van der Waals surface area (Å²) in [7, 11) is 0. The summed E-state index contributed by atoms with van der Waals surface area (Å²) in [6.45, 7) is 11.6. The lowest BCUT2D eigenvalue weighted by Gasteiger charge is -2.31. The molecule has 2 heterocycles. The fourth-order valence-electron chi connectivity index (χ4n) is 3.44. The third-order valence-electron chi connectivity index (χ3n) is 5.21. The van der Waals surface area contributed by atoms with Gasteiger partial charge in [0.15, 0.2) is 5.13 Å². The monoisotopic (exact) mass is 387 g/mol. The largest absolute Gasteiger partial charge is 0.332 e. The van der Waals surface area contributed by atoms with Gasteiger partial charge >= 0.3 is 0 Å². The van der Waals surface area contributed by atoms with Crippen molar-refractivity contribution in [3.63, 3.8) is 0 Å². The topological polar surface area (TPSA) is 58.0 Å². The van der Waals surface area contributed by atoms with Crippen molar-refractivity contribution in [2.45, 2.75) is 34.2 Å². The van der Waals surface area contributed by atoms with Gasteiger partial charge in [0.25, 0.3) is 0 Å². The fourth-order valence-corrected chi connectivity index (χ4v) is 4.32. The summed E-state index contributed by atoms with van der Waals surface area (Å²) in [5.41, 5.74) is 4.14. The number of nitrogens with one attached hydrogen (secondary N) is 1. The first kappa shape index (κ1) is 19.5. The molecule has 3 rings (SSSR count). The van der Waals surface area contributed by atoms with Crippen LogP contribution in [0.5, 0.6) is 0 Å². The van der Waals surface area contributed by atoms with Gasteiger partial charge in [0.05, 0.1) is 31.9 Å². The zero-order chi connectivity index (χ0) is 19.6. The maximum Gasteiger partial charge on any atom is 0.230 e. The summed E-state index contributed by atoms with van der Waals surface area (Å²) in [5, 5.41) is 2.76. The number of thiazole rings is 1. The highest BCUT2D eigenvalue weighted by atomic mass is 32.1. The Balaban J connectivity index is 1.74. The molecule has 1 N–H and O–H groups in total. The number of hydrogen-bond donors (Lipinski definition) is 1. The molecular formula is C20H27N4O2S+. The predicted octanol–water partition coefficient (Wildman–Crippen LogP) is 1.69. The van der Waals surface area contributed by atoms with Crippen molar-refractivity contribution < 1.29 is 14.5 Å². The number of amides is 2. The van der Waals surface area contributed by atoms with Crippen LogP contribution in [-0.4, -0.2) is 47.9 Å². The van der Waals surface area contributed by atoms with Crippen LogP contribution in [0.3, 0.4) is 0 Å². The Bertz CT molecular complexity index is 840. The smallest absolute Gasteiger partial charge is 0.230 e. The standard InChI is InChI=1S/C20H26N4O2S/c1-14-6-5-7-19(15(14)2)24(17(4)26)20-21-18(13-27-20)12-22-8-10-23(11-9-22)16(3)25/h5-7,13H,8-12H2,1-4H3/p+1. The molecule has 2 amide bonds. The van der Waals surface area contributed by atoms with E-state index >= 15 is 0 Å². The lowest BCUT2D eigenvalue weighted by atomic mass is 10.1. The normalized spacial score (nSPS) is 15.0. The van der Waals surface area contributed by atoms with Gasteiger partial charge in [0, 0.05) is 19.2 Å². The molecular weight excluding hydrogens is 360 g/mol. The fraction of sp³-hybridized carbons (Fsp3) is 0.450. The van der Waals surface area contributed by atoms with Crippen LogP contribution in [0.15, 0.2) is 23.6 Å². The summed E-state index contributed by atoms with van der Waals surface area (Å²) < 4.78 is 0. The molecule has 0 radical (unpaired) electrons. The SMILES string of the molecule is CC(=O)N1CC[NH+](Cc2csc(N(C(C)=O)c3cccc(C)c3C)n2)CC1. The van der Waals surface area contributed by atoms with Crippen molar-refractivity contribution in [2.24, 2.45) is 0 Å². The van der Waals surface area contributed by atoms with E-state index < -0.39 is 0 Å². The Morgan fingerprint density at radius 1 is 1.22 bits per heavy atom. The minimum absolute atomic E-state index is 0.0352. The molecule has 1 aromatic carbocycles. The molecule has 1 fully saturated rings. The van der Waals surface area contributed by atoms with Crippen LogP contribution in [-0.2, 0) is 16.1 Å². The molecule has 0 bridgehead atoms. The Labute approximate surface area is 164 Å². The minimum atomic E-state index is -0.0352. The number of hydrogen-bond acceptors (Lipinski definition) is 4. The highest BCUT2D eigenvalue weighted by molar-refractivity contribution is 7.14. The second-order valence-electron chi connectivity index (χ2n) is 7.13. The quantitative estimate of drug-likeness (QED) is 0.869. The second kappa shape index (κ2) is 8.19. The Morgan fingerprint density at radius 3 is 2.56 bits per heavy atom. The zero-order valence-corrected chi connectivity index (χ0v) is 17.2. The number of rotatable bonds is 4. The third-order valence-corrected chi connectivity index (χ3v) is 6.08. The van der Waals surface area contributed by atoms with Crippen molar-refractivity contribution >= 4 is 34.0 Å². The van der Waals surface area contributed by atoms with Crippen molar-refractivity contribution in [2.75, 3.05) is 31.1 Å². The van der Waals surface area contributed by atoms with Crippen molar-refractivity contribution in [1.29, 1.82) is 0 Å². The number of aromatic nitrogens is 1. The highest BCUT2D eigenvalue weighted by Gasteiger charge is 2.24. The van der Waals surface area contributed by atoms with Crippen LogP contribution >= 0.6 is 11.3 Å². The summed E-state index contributed by atoms with van der Waals surface area (Å²) in [6.07, 6.45) is 0. The maximum atomic E-state index is 12.4. The van der Waals surface area contributed by atoms with E-state index in [9.17, 15) is 9.59 Å². The maximum absolute atomic E-state index is 12.4. The van der Waals surface area contributed by atoms with E-state index in [1.54, 1.807) is 18.7 Å². The van der Waals surface area contributed by atoms with Crippen molar-refractivity contribution in [3.05, 3.63) is 40.4 Å². The van der Waals surface area contributed by atoms with Gasteiger partial charge < -0.3 is 9.80 Å². The predicted molar refractivity (Wildman–Crippen MR) is 108 cm³/mol. The van der Waals surface area contributed by atoms with Crippen molar-refractivity contribution in [3.8, 4) is 0 Å². The number of carbonyl (C=O) groups is 2. The Hall–Kier alpha value is -2.25. The zero-order valence-electron chi connectivity index (χ0n) is 16.4. The molecule has 2 aromatic rings. The molecule has 1 aliphatic rings. The van der Waals surface area contributed by atoms with E-state index in [4.69, 9.17) is 4.98 Å². The van der Waals surface area contributed by atoms with Gasteiger partial charge in [0.2, 0.25) is 11.8 Å². The Morgan fingerprint density at radius 2 is 1.93 bits per heavy atom. The number of aryl methyl sites for hydroxylation is 1. The lowest BCUT2D eigenvalue weighted by Crippen LogP contribution is -3.13. The van der Waals surface area contributed by atoms with Gasteiger partial charge in [-0.2, -0.15) is 0 Å². The number of nitrogens with zero attached hydrogens (tertiary/aromatic N) is 3. The summed E-state index contributed by atoms with van der Waals surface area (Å²) in [5.74, 6) is 0.114. The van der Waals surface area contributed by atoms with E-state index in [1.165, 1.54) is 16.2 Å². The molecule has 27 heavy (non-hydrogen) atoms. The van der Waals surface area contributed by atoms with Gasteiger partial charge in [-0.05, 0) is 31.0 Å². The van der Waals surface area contributed by atoms with Crippen LogP contribution in [0.1, 0.15) is 30.7 Å². The number of benzene rings is 1. The van der Waals surface area contributed by atoms with E-state index in [-0.39, 0.29) is 11.8 Å². The van der Waals surface area contributed by atoms with Crippen LogP contribution < -0.4 is 9.80 Å². The van der Waals surface area contributed by atoms with Crippen LogP contribution in [0.25, 0.3) is 0 Å². The number of piperazine rings is 1. The van der Waals surface area contributed by atoms with Gasteiger partial charge in [-0.1, -0.05) is 12.1 Å². The van der Waals surface area contributed by atoms with E-state index in [0.717, 1.165) is 55.2 Å². The van der Waals surface area contributed by atoms with E-state index in [2.05, 4.69) is 13.0 Å². The molecule has 6 nitrogen and oxygen atoms in total. The first-order valence-corrected chi connectivity index (χ1v) is 10.1. The molecule has 0 unspecified atom stereocenters. The molecule has 0 atom stereocenters. The van der Waals surface area contributed by atoms with Gasteiger partial charge in [-0.3, -0.25) is 14.5 Å². The number of anilines is 2. The molecule has 144 valence electrons. The molecule has 0 aliphatic carbocycles. The van der Waals surface area contributed by atoms with Crippen molar-refractivity contribution in [1.82, 2.24) is 9.88 Å². The first-order valence-electron chi connectivity index (χ1n) is 9.27. The van der Waals surface area contributed by atoms with Crippen LogP contribution in [0, 0.1) is 13.8 Å². The highest BCUT2D eigenvalue weighted by Crippen LogP contribution is 2.32. The Kier molecular flexibility index (Phi) is 5.92. The summed E-state index contributed by atoms with van der Waals surface area (Å²) >= 11 is 1.51. The molecule has 1 aromatic heterocycles. The van der Waals surface area contributed by atoms with E-state index in [1.807, 2.05) is 29.3 Å². The number of carbonyl (C=O) groups excluding carboxylic acids is 2. The second-order valence-corrected chi connectivity index (χ2v) is 7.96. The van der Waals surface area contributed by atoms with E-state index in [0.29, 0.717) is 5.13 Å². The summed E-state index contributed by atoms with van der Waals surface area (Å²) in [4.78, 5) is 33.6. The van der Waals surface area contributed by atoms with Crippen LogP contribution in [0.2, 0.25) is 0 Å². The molecule has 1 saturated heterocycles. The average molecular weight is 388 g/mol. The third kappa shape index (κ3) is 4.36. The van der Waals surface area contributed by atoms with Gasteiger partial charge in [0.1, 0.15) is 12.2 Å². The van der Waals surface area contributed by atoms with Crippen LogP contribution in [0.4, 0.5) is 10.8 Å². The first-order chi connectivity index (χ1) is 12.9. The minimum Gasteiger partial charge on any atom is -0.332 e. The molecule has 7 heteroatoms.